The molecule has 2 aromatic carbocycles. The lowest BCUT2D eigenvalue weighted by Gasteiger charge is -2.18. The summed E-state index contributed by atoms with van der Waals surface area (Å²) in [4.78, 5) is -0.708. The third-order valence-corrected chi connectivity index (χ3v) is 4.90. The van der Waals surface area contributed by atoms with E-state index in [1.54, 1.807) is 31.2 Å². The Balaban J connectivity index is 2.33. The molecule has 0 aliphatic rings. The fourth-order valence-electron chi connectivity index (χ4n) is 2.02. The Morgan fingerprint density at radius 1 is 1.14 bits per heavy atom. The van der Waals surface area contributed by atoms with Crippen LogP contribution in [-0.4, -0.2) is 8.42 Å². The van der Waals surface area contributed by atoms with Crippen LogP contribution < -0.4 is 4.72 Å². The molecule has 3 nitrogen and oxygen atoms in total. The lowest BCUT2D eigenvalue weighted by molar-refractivity contribution is 0.528. The zero-order valence-electron chi connectivity index (χ0n) is 11.7. The van der Waals surface area contributed by atoms with Gasteiger partial charge in [0.25, 0.3) is 0 Å². The number of hydrogen-bond acceptors (Lipinski definition) is 2. The van der Waals surface area contributed by atoms with Gasteiger partial charge in [-0.25, -0.2) is 21.9 Å². The molecule has 1 atom stereocenters. The Morgan fingerprint density at radius 2 is 1.77 bits per heavy atom. The van der Waals surface area contributed by atoms with E-state index in [1.165, 1.54) is 0 Å². The summed E-state index contributed by atoms with van der Waals surface area (Å²) < 4.78 is 53.8. The first-order valence-electron chi connectivity index (χ1n) is 6.56. The molecule has 0 saturated carbocycles. The van der Waals surface area contributed by atoms with E-state index in [-0.39, 0.29) is 0 Å². The molecule has 118 valence electrons. The molecule has 0 spiro atoms. The minimum Gasteiger partial charge on any atom is -0.207 e. The van der Waals surface area contributed by atoms with E-state index in [0.29, 0.717) is 23.1 Å². The quantitative estimate of drug-likeness (QED) is 0.888. The summed E-state index contributed by atoms with van der Waals surface area (Å²) in [6, 6.07) is 8.38. The number of nitrogens with one attached hydrogen (secondary N) is 1. The third-order valence-electron chi connectivity index (χ3n) is 3.16. The summed E-state index contributed by atoms with van der Waals surface area (Å²) in [5.41, 5.74) is 0.687. The van der Waals surface area contributed by atoms with E-state index < -0.39 is 32.6 Å². The van der Waals surface area contributed by atoms with Gasteiger partial charge in [-0.2, -0.15) is 0 Å². The van der Waals surface area contributed by atoms with Gasteiger partial charge in [0.2, 0.25) is 10.0 Å². The first kappa shape index (κ1) is 16.9. The van der Waals surface area contributed by atoms with Crippen LogP contribution in [0.2, 0.25) is 5.02 Å². The highest BCUT2D eigenvalue weighted by molar-refractivity contribution is 7.89. The molecule has 1 N–H and O–H groups in total. The van der Waals surface area contributed by atoms with E-state index in [4.69, 9.17) is 11.6 Å². The molecule has 0 amide bonds. The van der Waals surface area contributed by atoms with E-state index >= 15 is 0 Å². The molecule has 0 radical (unpaired) electrons. The van der Waals surface area contributed by atoms with Crippen LogP contribution in [-0.2, 0) is 10.0 Å². The molecule has 0 fully saturated rings. The minimum absolute atomic E-state index is 0.442. The highest BCUT2D eigenvalue weighted by atomic mass is 35.5. The van der Waals surface area contributed by atoms with Crippen molar-refractivity contribution in [3.63, 3.8) is 0 Å². The normalized spacial score (nSPS) is 13.1. The van der Waals surface area contributed by atoms with Crippen molar-refractivity contribution < 1.29 is 17.2 Å². The van der Waals surface area contributed by atoms with Crippen molar-refractivity contribution >= 4 is 21.6 Å². The third kappa shape index (κ3) is 3.82. The molecule has 0 aliphatic carbocycles. The van der Waals surface area contributed by atoms with E-state index in [9.17, 15) is 17.2 Å². The van der Waals surface area contributed by atoms with Crippen LogP contribution in [0.1, 0.15) is 24.9 Å². The second-order valence-corrected chi connectivity index (χ2v) is 6.83. The van der Waals surface area contributed by atoms with Crippen molar-refractivity contribution in [3.8, 4) is 0 Å². The molecule has 2 aromatic rings. The highest BCUT2D eigenvalue weighted by Gasteiger charge is 2.24. The van der Waals surface area contributed by atoms with Crippen molar-refractivity contribution in [2.24, 2.45) is 0 Å². The van der Waals surface area contributed by atoms with Gasteiger partial charge >= 0.3 is 0 Å². The Morgan fingerprint density at radius 3 is 2.36 bits per heavy atom. The summed E-state index contributed by atoms with van der Waals surface area (Å²) in [7, 11) is -4.18. The van der Waals surface area contributed by atoms with Crippen LogP contribution in [0.3, 0.4) is 0 Å². The van der Waals surface area contributed by atoms with Gasteiger partial charge in [0.1, 0.15) is 16.5 Å². The molecule has 0 unspecified atom stereocenters. The molecular weight excluding hydrogens is 332 g/mol. The maximum absolute atomic E-state index is 13.7. The van der Waals surface area contributed by atoms with Gasteiger partial charge < -0.3 is 0 Å². The zero-order chi connectivity index (χ0) is 16.3. The second kappa shape index (κ2) is 6.73. The SMILES string of the molecule is CC[C@H](NS(=O)(=O)c1cc(F)ccc1F)c1ccc(Cl)cc1. The average molecular weight is 346 g/mol. The molecule has 0 heterocycles. The van der Waals surface area contributed by atoms with Gasteiger partial charge in [0.15, 0.2) is 0 Å². The maximum atomic E-state index is 13.7. The van der Waals surface area contributed by atoms with Crippen LogP contribution in [0.4, 0.5) is 8.78 Å². The predicted molar refractivity (Wildman–Crippen MR) is 81.2 cm³/mol. The lowest BCUT2D eigenvalue weighted by atomic mass is 10.1. The van der Waals surface area contributed by atoms with E-state index in [1.807, 2.05) is 0 Å². The molecule has 0 aromatic heterocycles. The Hall–Kier alpha value is -1.50. The highest BCUT2D eigenvalue weighted by Crippen LogP contribution is 2.23. The van der Waals surface area contributed by atoms with Crippen molar-refractivity contribution in [1.82, 2.24) is 4.72 Å². The number of hydrogen-bond donors (Lipinski definition) is 1. The maximum Gasteiger partial charge on any atom is 0.244 e. The summed E-state index contributed by atoms with van der Waals surface area (Å²) in [6.45, 7) is 1.78. The van der Waals surface area contributed by atoms with Gasteiger partial charge in [0.05, 0.1) is 0 Å². The van der Waals surface area contributed by atoms with Gasteiger partial charge in [-0.3, -0.25) is 0 Å². The monoisotopic (exact) mass is 345 g/mol. The van der Waals surface area contributed by atoms with Crippen LogP contribution >= 0.6 is 11.6 Å². The molecule has 0 aliphatic heterocycles. The Bertz CT molecular complexity index is 764. The summed E-state index contributed by atoms with van der Waals surface area (Å²) in [5, 5.41) is 0.526. The van der Waals surface area contributed by atoms with Gasteiger partial charge in [-0.1, -0.05) is 30.7 Å². The zero-order valence-corrected chi connectivity index (χ0v) is 13.3. The van der Waals surface area contributed by atoms with Gasteiger partial charge in [0, 0.05) is 11.1 Å². The standard InChI is InChI=1S/C15H14ClF2NO2S/c1-2-14(10-3-5-11(16)6-4-10)19-22(20,21)15-9-12(17)7-8-13(15)18/h3-9,14,19H,2H2,1H3/t14-/m0/s1. The first-order chi connectivity index (χ1) is 10.3. The summed E-state index contributed by atoms with van der Waals surface area (Å²) in [6.07, 6.45) is 0.442. The predicted octanol–water partition coefficient (Wildman–Crippen LogP) is 4.05. The molecule has 7 heteroatoms. The van der Waals surface area contributed by atoms with Crippen LogP contribution in [0, 0.1) is 11.6 Å². The molecule has 22 heavy (non-hydrogen) atoms. The van der Waals surface area contributed by atoms with Crippen molar-refractivity contribution in [1.29, 1.82) is 0 Å². The fraction of sp³-hybridized carbons (Fsp3) is 0.200. The minimum atomic E-state index is -4.18. The number of rotatable bonds is 5. The molecule has 0 saturated heterocycles. The number of halogens is 3. The van der Waals surface area contributed by atoms with Crippen LogP contribution in [0.25, 0.3) is 0 Å². The number of benzene rings is 2. The lowest BCUT2D eigenvalue weighted by Crippen LogP contribution is -2.29. The number of sulfonamides is 1. The summed E-state index contributed by atoms with van der Waals surface area (Å²) >= 11 is 5.80. The first-order valence-corrected chi connectivity index (χ1v) is 8.42. The van der Waals surface area contributed by atoms with Gasteiger partial charge in [-0.15, -0.1) is 0 Å². The Kier molecular flexibility index (Phi) is 5.16. The van der Waals surface area contributed by atoms with E-state index in [2.05, 4.69) is 4.72 Å². The average Bonchev–Trinajstić information content (AvgIpc) is 2.48. The van der Waals surface area contributed by atoms with Crippen LogP contribution in [0.15, 0.2) is 47.4 Å². The van der Waals surface area contributed by atoms with E-state index in [0.717, 1.165) is 12.1 Å². The smallest absolute Gasteiger partial charge is 0.207 e. The topological polar surface area (TPSA) is 46.2 Å². The summed E-state index contributed by atoms with van der Waals surface area (Å²) in [5.74, 6) is -1.82. The molecule has 2 rings (SSSR count). The van der Waals surface area contributed by atoms with Gasteiger partial charge in [-0.05, 0) is 42.3 Å². The van der Waals surface area contributed by atoms with Crippen molar-refractivity contribution in [2.45, 2.75) is 24.3 Å². The molecule has 0 bridgehead atoms. The van der Waals surface area contributed by atoms with Crippen molar-refractivity contribution in [3.05, 3.63) is 64.7 Å². The van der Waals surface area contributed by atoms with Crippen molar-refractivity contribution in [2.75, 3.05) is 0 Å². The fourth-order valence-corrected chi connectivity index (χ4v) is 3.54. The molecular formula is C15H14ClF2NO2S. The second-order valence-electron chi connectivity index (χ2n) is 4.71. The largest absolute Gasteiger partial charge is 0.244 e. The Labute approximate surface area is 133 Å². The van der Waals surface area contributed by atoms with Crippen LogP contribution in [0.5, 0.6) is 0 Å².